The van der Waals surface area contributed by atoms with Gasteiger partial charge in [-0.1, -0.05) is 0 Å². The van der Waals surface area contributed by atoms with Crippen LogP contribution >= 0.6 is 24.8 Å². The molecule has 1 aliphatic rings. The molecule has 0 aromatic rings. The van der Waals surface area contributed by atoms with Gasteiger partial charge < -0.3 is 0 Å². The molecule has 13 heavy (non-hydrogen) atoms. The Balaban J connectivity index is 0. The van der Waals surface area contributed by atoms with E-state index in [4.69, 9.17) is 0 Å². The molecule has 80 valence electrons. The van der Waals surface area contributed by atoms with E-state index >= 15 is 0 Å². The molecule has 0 aromatic heterocycles. The summed E-state index contributed by atoms with van der Waals surface area (Å²) in [4.78, 5) is 0. The fourth-order valence-electron chi connectivity index (χ4n) is 1.19. The van der Waals surface area contributed by atoms with Crippen LogP contribution in [-0.4, -0.2) is 42.7 Å². The minimum atomic E-state index is 0. The molecule has 6 heteroatoms. The summed E-state index contributed by atoms with van der Waals surface area (Å²) in [5.74, 6) is 0. The second kappa shape index (κ2) is 11.3. The van der Waals surface area contributed by atoms with Gasteiger partial charge in [0.15, 0.2) is 0 Å². The number of hydrogen-bond acceptors (Lipinski definition) is 3. The van der Waals surface area contributed by atoms with Crippen molar-refractivity contribution >= 4 is 24.8 Å². The van der Waals surface area contributed by atoms with Crippen LogP contribution in [0, 0.1) is 0 Å². The zero-order valence-electron chi connectivity index (χ0n) is 8.01. The molecule has 0 amide bonds. The van der Waals surface area contributed by atoms with E-state index in [1.54, 1.807) is 0 Å². The Morgan fingerprint density at radius 2 is 1.38 bits per heavy atom. The molecule has 0 aromatic carbocycles. The van der Waals surface area contributed by atoms with E-state index in [2.05, 4.69) is 19.2 Å². The average Bonchev–Trinajstić information content (AvgIpc) is 2.16. The molecule has 0 saturated carbocycles. The maximum atomic E-state index is 3.41. The average molecular weight is 264 g/mol. The molecule has 1 aliphatic heterocycles. The van der Waals surface area contributed by atoms with Crippen molar-refractivity contribution in [2.75, 3.05) is 39.3 Å². The molecule has 0 aliphatic carbocycles. The second-order valence-electron chi connectivity index (χ2n) is 2.71. The summed E-state index contributed by atoms with van der Waals surface area (Å²) < 4.78 is 2.59. The first-order valence-electron chi connectivity index (χ1n) is 4.27. The summed E-state index contributed by atoms with van der Waals surface area (Å²) in [6, 6.07) is 0. The molecule has 1 fully saturated rings. The van der Waals surface area contributed by atoms with Gasteiger partial charge in [0.2, 0.25) is 0 Å². The van der Waals surface area contributed by atoms with Gasteiger partial charge in [-0.3, -0.25) is 0 Å². The predicted octanol–water partition coefficient (Wildman–Crippen LogP) is 0.370. The van der Waals surface area contributed by atoms with E-state index in [0.29, 0.717) is 0 Å². The summed E-state index contributed by atoms with van der Waals surface area (Å²) >= 11 is 0.179. The first-order valence-corrected chi connectivity index (χ1v) is 6.53. The quantitative estimate of drug-likeness (QED) is 0.670. The van der Waals surface area contributed by atoms with Crippen molar-refractivity contribution in [3.63, 3.8) is 0 Å². The molecular weight excluding hydrogens is 245 g/mol. The van der Waals surface area contributed by atoms with E-state index < -0.39 is 0 Å². The summed E-state index contributed by atoms with van der Waals surface area (Å²) in [5, 5.41) is 9.16. The molecule has 0 atom stereocenters. The van der Waals surface area contributed by atoms with Crippen molar-refractivity contribution in [2.24, 2.45) is 0 Å². The first-order chi connectivity index (χ1) is 5.43. The van der Waals surface area contributed by atoms with E-state index in [0.717, 1.165) is 13.1 Å². The van der Waals surface area contributed by atoms with Crippen LogP contribution < -0.4 is 10.6 Å². The van der Waals surface area contributed by atoms with Gasteiger partial charge in [0.1, 0.15) is 0 Å². The fraction of sp³-hybridized carbons (Fsp3) is 1.00. The van der Waals surface area contributed by atoms with Gasteiger partial charge in [-0.05, 0) is 0 Å². The topological polar surface area (TPSA) is 27.3 Å². The normalized spacial score (nSPS) is 19.8. The summed E-state index contributed by atoms with van der Waals surface area (Å²) in [6.07, 6.45) is 0. The molecule has 0 spiro atoms. The van der Waals surface area contributed by atoms with Crippen molar-refractivity contribution in [2.45, 2.75) is 5.23 Å². The first kappa shape index (κ1) is 16.6. The van der Waals surface area contributed by atoms with Crippen molar-refractivity contribution in [3.8, 4) is 0 Å². The third kappa shape index (κ3) is 8.19. The Bertz CT molecular complexity index is 97.7. The number of rotatable bonds is 1. The SMILES string of the molecule is Cl.Cl.[CH3][Ti][N]1CCNCCNCC1. The van der Waals surface area contributed by atoms with Gasteiger partial charge in [-0.25, -0.2) is 0 Å². The molecule has 3 nitrogen and oxygen atoms in total. The van der Waals surface area contributed by atoms with Crippen molar-refractivity contribution in [1.29, 1.82) is 0 Å². The molecule has 0 unspecified atom stereocenters. The molecule has 0 bridgehead atoms. The maximum absolute atomic E-state index is 3.41. The standard InChI is InChI=1S/C6H14N3.CH3.2ClH.Ti/c1-2-8-5-6-9-4-3-7-1;;;;/h7-8H,1-6H2;1H3;2*1H;/q-1;;;;+1. The number of hydrogen-bond donors (Lipinski definition) is 2. The van der Waals surface area contributed by atoms with Crippen LogP contribution in [0.25, 0.3) is 0 Å². The molecular formula is C7H19Cl2N3Ti. The van der Waals surface area contributed by atoms with Gasteiger partial charge in [-0.2, -0.15) is 0 Å². The Morgan fingerprint density at radius 3 is 1.77 bits per heavy atom. The number of nitrogens with zero attached hydrogens (tertiary/aromatic N) is 1. The van der Waals surface area contributed by atoms with E-state index in [1.807, 2.05) is 0 Å². The zero-order chi connectivity index (χ0) is 7.94. The Morgan fingerprint density at radius 1 is 0.923 bits per heavy atom. The monoisotopic (exact) mass is 263 g/mol. The van der Waals surface area contributed by atoms with Crippen LogP contribution in [0.2, 0.25) is 5.23 Å². The third-order valence-electron chi connectivity index (χ3n) is 1.91. The Labute approximate surface area is 102 Å². The van der Waals surface area contributed by atoms with Gasteiger partial charge >= 0.3 is 77.9 Å². The van der Waals surface area contributed by atoms with Gasteiger partial charge in [0.25, 0.3) is 0 Å². The third-order valence-corrected chi connectivity index (χ3v) is 3.60. The minimum absolute atomic E-state index is 0. The van der Waals surface area contributed by atoms with Gasteiger partial charge in [0.05, 0.1) is 0 Å². The van der Waals surface area contributed by atoms with Crippen LogP contribution in [0.4, 0.5) is 0 Å². The molecule has 2 N–H and O–H groups in total. The van der Waals surface area contributed by atoms with Crippen LogP contribution in [0.3, 0.4) is 0 Å². The molecule has 1 saturated heterocycles. The fourth-order valence-corrected chi connectivity index (χ4v) is 2.24. The van der Waals surface area contributed by atoms with Crippen LogP contribution in [0.1, 0.15) is 0 Å². The van der Waals surface area contributed by atoms with Crippen LogP contribution in [0.5, 0.6) is 0 Å². The molecule has 1 rings (SSSR count). The van der Waals surface area contributed by atoms with Crippen molar-refractivity contribution in [1.82, 2.24) is 14.0 Å². The second-order valence-corrected chi connectivity index (χ2v) is 4.40. The summed E-state index contributed by atoms with van der Waals surface area (Å²) in [6.45, 7) is 7.07. The van der Waals surface area contributed by atoms with Crippen molar-refractivity contribution in [3.05, 3.63) is 0 Å². The number of halogens is 2. The Kier molecular flexibility index (Phi) is 14.4. The number of nitrogens with one attached hydrogen (secondary N) is 2. The van der Waals surface area contributed by atoms with E-state index in [9.17, 15) is 0 Å². The van der Waals surface area contributed by atoms with Crippen molar-refractivity contribution < 1.29 is 19.4 Å². The van der Waals surface area contributed by atoms with Crippen LogP contribution in [0.15, 0.2) is 0 Å². The Hall–Kier alpha value is 1.17. The van der Waals surface area contributed by atoms with E-state index in [-0.39, 0.29) is 44.2 Å². The summed E-state index contributed by atoms with van der Waals surface area (Å²) in [7, 11) is 0. The van der Waals surface area contributed by atoms with Crippen LogP contribution in [-0.2, 0) is 19.4 Å². The molecule has 1 heterocycles. The summed E-state index contributed by atoms with van der Waals surface area (Å²) in [5.41, 5.74) is 0. The molecule has 0 radical (unpaired) electrons. The zero-order valence-corrected chi connectivity index (χ0v) is 11.2. The van der Waals surface area contributed by atoms with Gasteiger partial charge in [-0.15, -0.1) is 24.8 Å². The van der Waals surface area contributed by atoms with E-state index in [1.165, 1.54) is 26.2 Å². The van der Waals surface area contributed by atoms with Gasteiger partial charge in [0, 0.05) is 0 Å². The predicted molar refractivity (Wildman–Crippen MR) is 57.7 cm³/mol.